The average molecular weight is 282 g/mol. The number of likely N-dealkylation sites (N-methyl/N-ethyl adjacent to an activating group) is 1. The van der Waals surface area contributed by atoms with E-state index in [1.807, 2.05) is 0 Å². The lowest BCUT2D eigenvalue weighted by Gasteiger charge is -2.34. The Bertz CT molecular complexity index is 376. The molecule has 0 unspecified atom stereocenters. The summed E-state index contributed by atoms with van der Waals surface area (Å²) in [5.41, 5.74) is 4.21. The fourth-order valence-corrected chi connectivity index (χ4v) is 3.18. The van der Waals surface area contributed by atoms with Gasteiger partial charge in [0.25, 0.3) is 0 Å². The molecule has 1 rings (SSSR count). The number of nitrogens with two attached hydrogens (primary N) is 1. The van der Waals surface area contributed by atoms with Gasteiger partial charge in [-0.05, 0) is 0 Å². The molecule has 1 saturated heterocycles. The lowest BCUT2D eigenvalue weighted by Crippen LogP contribution is -2.48. The Morgan fingerprint density at radius 1 is 1.53 bits per heavy atom. The predicted molar refractivity (Wildman–Crippen MR) is 68.2 cm³/mol. The van der Waals surface area contributed by atoms with Crippen LogP contribution in [0, 0.1) is 0 Å². The summed E-state index contributed by atoms with van der Waals surface area (Å²) >= 11 is 4.58. The highest BCUT2D eigenvalue weighted by atomic mass is 32.2. The van der Waals surface area contributed by atoms with Crippen LogP contribution in [0.2, 0.25) is 0 Å². The Morgan fingerprint density at radius 2 is 2.06 bits per heavy atom. The van der Waals surface area contributed by atoms with Gasteiger partial charge in [0.2, 0.25) is 10.0 Å². The smallest absolute Gasteiger partial charge is 0.220 e. The van der Waals surface area contributed by atoms with Crippen molar-refractivity contribution < 1.29 is 18.3 Å². The van der Waals surface area contributed by atoms with E-state index in [0.29, 0.717) is 26.1 Å². The standard InChI is InChI=1S/C9H18N2O4S2/c1-11(17(13,14)6-8(10)16)7-9(12)2-4-15-5-3-9/h12H,2-7H2,1H3,(H2,10,16). The summed E-state index contributed by atoms with van der Waals surface area (Å²) in [6.45, 7) is 0.931. The molecule has 0 amide bonds. The molecular weight excluding hydrogens is 264 g/mol. The molecule has 6 nitrogen and oxygen atoms in total. The van der Waals surface area contributed by atoms with Gasteiger partial charge < -0.3 is 15.6 Å². The first kappa shape index (κ1) is 14.8. The maximum atomic E-state index is 11.8. The summed E-state index contributed by atoms with van der Waals surface area (Å²) in [6, 6.07) is 0. The number of ether oxygens (including phenoxy) is 1. The van der Waals surface area contributed by atoms with E-state index >= 15 is 0 Å². The molecule has 0 spiro atoms. The molecule has 0 saturated carbocycles. The van der Waals surface area contributed by atoms with E-state index in [-0.39, 0.29) is 17.3 Å². The van der Waals surface area contributed by atoms with E-state index < -0.39 is 15.6 Å². The van der Waals surface area contributed by atoms with Crippen LogP contribution in [0.25, 0.3) is 0 Å². The van der Waals surface area contributed by atoms with Crippen LogP contribution in [0.5, 0.6) is 0 Å². The summed E-state index contributed by atoms with van der Waals surface area (Å²) in [6.07, 6.45) is 0.861. The Morgan fingerprint density at radius 3 is 2.53 bits per heavy atom. The molecule has 1 fully saturated rings. The highest BCUT2D eigenvalue weighted by Gasteiger charge is 2.34. The summed E-state index contributed by atoms with van der Waals surface area (Å²) in [5.74, 6) is -0.370. The number of sulfonamides is 1. The number of aliphatic hydroxyl groups is 1. The second-order valence-electron chi connectivity index (χ2n) is 4.32. The van der Waals surface area contributed by atoms with Gasteiger partial charge in [0.1, 0.15) is 5.75 Å². The maximum absolute atomic E-state index is 11.8. The zero-order chi connectivity index (χ0) is 13.1. The van der Waals surface area contributed by atoms with Crippen LogP contribution in [0.15, 0.2) is 0 Å². The first-order valence-corrected chi connectivity index (χ1v) is 7.29. The number of hydrogen-bond donors (Lipinski definition) is 2. The second-order valence-corrected chi connectivity index (χ2v) is 6.92. The van der Waals surface area contributed by atoms with Gasteiger partial charge in [0.15, 0.2) is 0 Å². The SMILES string of the molecule is CN(CC1(O)CCOCC1)S(=O)(=O)CC(N)=S. The first-order valence-electron chi connectivity index (χ1n) is 5.28. The van der Waals surface area contributed by atoms with E-state index in [0.717, 1.165) is 4.31 Å². The van der Waals surface area contributed by atoms with E-state index in [9.17, 15) is 13.5 Å². The molecule has 1 aliphatic rings. The number of hydrogen-bond acceptors (Lipinski definition) is 5. The van der Waals surface area contributed by atoms with Crippen LogP contribution in [0.3, 0.4) is 0 Å². The fourth-order valence-electron chi connectivity index (χ4n) is 1.71. The van der Waals surface area contributed by atoms with Crippen molar-refractivity contribution in [2.45, 2.75) is 18.4 Å². The fraction of sp³-hybridized carbons (Fsp3) is 0.889. The molecule has 0 aromatic carbocycles. The van der Waals surface area contributed by atoms with Gasteiger partial charge in [-0.1, -0.05) is 12.2 Å². The van der Waals surface area contributed by atoms with Crippen LogP contribution >= 0.6 is 12.2 Å². The van der Waals surface area contributed by atoms with Crippen LogP contribution in [0.1, 0.15) is 12.8 Å². The van der Waals surface area contributed by atoms with Crippen molar-refractivity contribution in [3.8, 4) is 0 Å². The lowest BCUT2D eigenvalue weighted by atomic mass is 9.95. The van der Waals surface area contributed by atoms with E-state index in [4.69, 9.17) is 10.5 Å². The number of thiocarbonyl (C=S) groups is 1. The maximum Gasteiger partial charge on any atom is 0.220 e. The molecule has 1 aliphatic heterocycles. The van der Waals surface area contributed by atoms with E-state index in [1.165, 1.54) is 7.05 Å². The summed E-state index contributed by atoms with van der Waals surface area (Å²) in [4.78, 5) is -0.0733. The Balaban J connectivity index is 2.64. The predicted octanol–water partition coefficient (Wildman–Crippen LogP) is -0.924. The van der Waals surface area contributed by atoms with Gasteiger partial charge in [0, 0.05) is 39.6 Å². The minimum Gasteiger partial charge on any atom is -0.392 e. The van der Waals surface area contributed by atoms with Gasteiger partial charge in [-0.2, -0.15) is 0 Å². The molecule has 0 aliphatic carbocycles. The lowest BCUT2D eigenvalue weighted by molar-refractivity contribution is -0.0689. The number of nitrogens with zero attached hydrogens (tertiary/aromatic N) is 1. The normalized spacial score (nSPS) is 20.4. The van der Waals surface area contributed by atoms with Crippen molar-refractivity contribution in [1.29, 1.82) is 0 Å². The van der Waals surface area contributed by atoms with Gasteiger partial charge in [-0.15, -0.1) is 0 Å². The van der Waals surface area contributed by atoms with Crippen molar-refractivity contribution in [3.63, 3.8) is 0 Å². The Labute approximate surface area is 107 Å². The third kappa shape index (κ3) is 4.47. The van der Waals surface area contributed by atoms with Crippen LogP contribution < -0.4 is 5.73 Å². The van der Waals surface area contributed by atoms with Crippen LogP contribution in [0.4, 0.5) is 0 Å². The Hall–Kier alpha value is -0.280. The first-order chi connectivity index (χ1) is 7.75. The minimum absolute atomic E-state index is 0.0430. The molecular formula is C9H18N2O4S2. The Kier molecular flexibility index (Phi) is 4.85. The average Bonchev–Trinajstić information content (AvgIpc) is 2.15. The van der Waals surface area contributed by atoms with E-state index in [2.05, 4.69) is 12.2 Å². The van der Waals surface area contributed by atoms with E-state index in [1.54, 1.807) is 0 Å². The zero-order valence-electron chi connectivity index (χ0n) is 9.76. The quantitative estimate of drug-likeness (QED) is 0.633. The minimum atomic E-state index is -3.53. The summed E-state index contributed by atoms with van der Waals surface area (Å²) in [7, 11) is -2.11. The summed E-state index contributed by atoms with van der Waals surface area (Å²) in [5, 5.41) is 10.2. The van der Waals surface area contributed by atoms with Gasteiger partial charge in [0.05, 0.1) is 10.6 Å². The molecule has 17 heavy (non-hydrogen) atoms. The number of rotatable bonds is 5. The largest absolute Gasteiger partial charge is 0.392 e. The summed E-state index contributed by atoms with van der Waals surface area (Å²) < 4.78 is 29.8. The molecule has 1 heterocycles. The van der Waals surface area contributed by atoms with Crippen LogP contribution in [-0.2, 0) is 14.8 Å². The molecule has 0 aromatic rings. The van der Waals surface area contributed by atoms with Crippen LogP contribution in [-0.4, -0.2) is 61.0 Å². The van der Waals surface area contributed by atoms with Crippen molar-refractivity contribution in [1.82, 2.24) is 4.31 Å². The van der Waals surface area contributed by atoms with Crippen molar-refractivity contribution in [2.24, 2.45) is 5.73 Å². The second kappa shape index (κ2) is 5.57. The van der Waals surface area contributed by atoms with Gasteiger partial charge in [-0.3, -0.25) is 0 Å². The highest BCUT2D eigenvalue weighted by Crippen LogP contribution is 2.22. The zero-order valence-corrected chi connectivity index (χ0v) is 11.4. The molecule has 0 atom stereocenters. The highest BCUT2D eigenvalue weighted by molar-refractivity contribution is 7.92. The monoisotopic (exact) mass is 282 g/mol. The van der Waals surface area contributed by atoms with Gasteiger partial charge >= 0.3 is 0 Å². The topological polar surface area (TPSA) is 92.9 Å². The van der Waals surface area contributed by atoms with Crippen molar-refractivity contribution in [2.75, 3.05) is 32.6 Å². The molecule has 100 valence electrons. The van der Waals surface area contributed by atoms with Crippen molar-refractivity contribution in [3.05, 3.63) is 0 Å². The molecule has 8 heteroatoms. The van der Waals surface area contributed by atoms with Crippen molar-refractivity contribution >= 4 is 27.2 Å². The molecule has 0 radical (unpaired) electrons. The molecule has 0 bridgehead atoms. The molecule has 3 N–H and O–H groups in total. The third-order valence-electron chi connectivity index (χ3n) is 2.74. The third-order valence-corrected chi connectivity index (χ3v) is 4.82. The van der Waals surface area contributed by atoms with Gasteiger partial charge in [-0.25, -0.2) is 12.7 Å². The molecule has 0 aromatic heterocycles.